The van der Waals surface area contributed by atoms with Crippen LogP contribution in [0.4, 0.5) is 14.5 Å². The third-order valence-electron chi connectivity index (χ3n) is 2.50. The maximum Gasteiger partial charge on any atom is 0.337 e. The molecule has 2 rings (SSSR count). The number of rotatable bonds is 4. The number of halogens is 2. The van der Waals surface area contributed by atoms with Gasteiger partial charge < -0.3 is 10.1 Å². The van der Waals surface area contributed by atoms with E-state index in [0.717, 1.165) is 6.20 Å². The van der Waals surface area contributed by atoms with Gasteiger partial charge in [-0.05, 0) is 13.0 Å². The van der Waals surface area contributed by atoms with E-state index in [0.29, 0.717) is 18.0 Å². The molecule has 0 amide bonds. The van der Waals surface area contributed by atoms with Gasteiger partial charge in [-0.1, -0.05) is 0 Å². The van der Waals surface area contributed by atoms with Crippen molar-refractivity contribution in [1.82, 2.24) is 9.97 Å². The number of carboxylic acid groups (broad SMARTS) is 1. The lowest BCUT2D eigenvalue weighted by Crippen LogP contribution is -2.16. The minimum atomic E-state index is -4.20. The van der Waals surface area contributed by atoms with E-state index in [4.69, 9.17) is 5.11 Å². The number of sulfonamides is 1. The molecule has 2 aromatic rings. The topological polar surface area (TPSA) is 112 Å². The molecule has 0 saturated heterocycles. The quantitative estimate of drug-likeness (QED) is 0.791. The molecular weight excluding hydrogens is 308 g/mol. The number of imidazole rings is 1. The Morgan fingerprint density at radius 2 is 1.95 bits per heavy atom. The SMILES string of the molecule is Cc1ncc(S(=O)(=O)Nc2cc(F)c(F)cc2C(=O)O)[nH]1. The predicted molar refractivity (Wildman–Crippen MR) is 67.5 cm³/mol. The molecule has 0 unspecified atom stereocenters. The molecule has 10 heteroatoms. The highest BCUT2D eigenvalue weighted by Gasteiger charge is 2.22. The summed E-state index contributed by atoms with van der Waals surface area (Å²) in [6, 6.07) is 0.854. The maximum atomic E-state index is 13.2. The Balaban J connectivity index is 2.48. The Hall–Kier alpha value is -2.49. The highest BCUT2D eigenvalue weighted by atomic mass is 32.2. The number of aromatic carboxylic acids is 1. The summed E-state index contributed by atoms with van der Waals surface area (Å²) in [5.74, 6) is -4.06. The van der Waals surface area contributed by atoms with Crippen LogP contribution in [0.1, 0.15) is 16.2 Å². The van der Waals surface area contributed by atoms with Gasteiger partial charge in [0.1, 0.15) is 5.82 Å². The summed E-state index contributed by atoms with van der Waals surface area (Å²) in [5.41, 5.74) is -1.30. The second-order valence-corrected chi connectivity index (χ2v) is 5.71. The maximum absolute atomic E-state index is 13.2. The Morgan fingerprint density at radius 1 is 1.33 bits per heavy atom. The molecule has 3 N–H and O–H groups in total. The number of H-pyrrole nitrogens is 1. The molecule has 0 radical (unpaired) electrons. The molecule has 0 spiro atoms. The van der Waals surface area contributed by atoms with E-state index in [9.17, 15) is 22.0 Å². The van der Waals surface area contributed by atoms with Crippen LogP contribution >= 0.6 is 0 Å². The van der Waals surface area contributed by atoms with Crippen LogP contribution in [-0.2, 0) is 10.0 Å². The number of nitrogens with one attached hydrogen (secondary N) is 2. The molecule has 0 aliphatic heterocycles. The Kier molecular flexibility index (Phi) is 3.64. The molecule has 0 saturated carbocycles. The van der Waals surface area contributed by atoms with Crippen LogP contribution < -0.4 is 4.72 Å². The lowest BCUT2D eigenvalue weighted by atomic mass is 10.2. The van der Waals surface area contributed by atoms with Gasteiger partial charge in [0.2, 0.25) is 0 Å². The first-order valence-electron chi connectivity index (χ1n) is 5.47. The van der Waals surface area contributed by atoms with Gasteiger partial charge in [-0.25, -0.2) is 18.6 Å². The van der Waals surface area contributed by atoms with Crippen LogP contribution in [0.2, 0.25) is 0 Å². The van der Waals surface area contributed by atoms with Crippen molar-refractivity contribution in [2.75, 3.05) is 4.72 Å². The van der Waals surface area contributed by atoms with Crippen LogP contribution in [-0.4, -0.2) is 29.5 Å². The first-order chi connectivity index (χ1) is 9.70. The number of hydrogen-bond acceptors (Lipinski definition) is 4. The molecule has 1 heterocycles. The van der Waals surface area contributed by atoms with Crippen molar-refractivity contribution >= 4 is 21.7 Å². The number of carboxylic acids is 1. The number of carbonyl (C=O) groups is 1. The standard InChI is InChI=1S/C11H9F2N3O4S/c1-5-14-4-10(15-5)21(19,20)16-9-3-8(13)7(12)2-6(9)11(17)18/h2-4,16H,1H3,(H,14,15)(H,17,18). The first-order valence-corrected chi connectivity index (χ1v) is 6.96. The molecule has 7 nitrogen and oxygen atoms in total. The number of hydrogen-bond donors (Lipinski definition) is 3. The molecule has 0 bridgehead atoms. The van der Waals surface area contributed by atoms with Crippen molar-refractivity contribution in [2.45, 2.75) is 11.9 Å². The molecule has 1 aromatic carbocycles. The van der Waals surface area contributed by atoms with Gasteiger partial charge in [-0.15, -0.1) is 0 Å². The van der Waals surface area contributed by atoms with E-state index in [-0.39, 0.29) is 5.03 Å². The van der Waals surface area contributed by atoms with E-state index in [1.165, 1.54) is 6.92 Å². The van der Waals surface area contributed by atoms with Gasteiger partial charge in [0.15, 0.2) is 16.7 Å². The van der Waals surface area contributed by atoms with Crippen molar-refractivity contribution in [3.63, 3.8) is 0 Å². The van der Waals surface area contributed by atoms with E-state index >= 15 is 0 Å². The zero-order valence-electron chi connectivity index (χ0n) is 10.5. The van der Waals surface area contributed by atoms with Gasteiger partial charge in [-0.3, -0.25) is 4.72 Å². The Labute approximate surface area is 117 Å². The minimum absolute atomic E-state index is 0.319. The van der Waals surface area contributed by atoms with Gasteiger partial charge in [0.25, 0.3) is 10.0 Å². The minimum Gasteiger partial charge on any atom is -0.478 e. The zero-order valence-corrected chi connectivity index (χ0v) is 11.3. The number of anilines is 1. The highest BCUT2D eigenvalue weighted by Crippen LogP contribution is 2.23. The number of benzene rings is 1. The summed E-state index contributed by atoms with van der Waals surface area (Å²) in [6.45, 7) is 1.51. The van der Waals surface area contributed by atoms with Crippen molar-refractivity contribution in [2.24, 2.45) is 0 Å². The van der Waals surface area contributed by atoms with Gasteiger partial charge in [-0.2, -0.15) is 8.42 Å². The van der Waals surface area contributed by atoms with Crippen molar-refractivity contribution < 1.29 is 27.1 Å². The fourth-order valence-corrected chi connectivity index (χ4v) is 2.58. The van der Waals surface area contributed by atoms with E-state index < -0.39 is 38.9 Å². The van der Waals surface area contributed by atoms with E-state index in [2.05, 4.69) is 9.97 Å². The zero-order chi connectivity index (χ0) is 15.8. The Bertz CT molecular complexity index is 817. The average Bonchev–Trinajstić information content (AvgIpc) is 2.80. The van der Waals surface area contributed by atoms with Gasteiger partial charge in [0, 0.05) is 6.07 Å². The van der Waals surface area contributed by atoms with Crippen molar-refractivity contribution in [3.8, 4) is 0 Å². The molecule has 0 aliphatic rings. The van der Waals surface area contributed by atoms with Crippen LogP contribution in [0.3, 0.4) is 0 Å². The largest absolute Gasteiger partial charge is 0.478 e. The van der Waals surface area contributed by atoms with Crippen LogP contribution in [0.5, 0.6) is 0 Å². The summed E-state index contributed by atoms with van der Waals surface area (Å²) >= 11 is 0. The number of aromatic amines is 1. The van der Waals surface area contributed by atoms with E-state index in [1.807, 2.05) is 4.72 Å². The highest BCUT2D eigenvalue weighted by molar-refractivity contribution is 7.92. The summed E-state index contributed by atoms with van der Waals surface area (Å²) < 4.78 is 52.1. The summed E-state index contributed by atoms with van der Waals surface area (Å²) in [5, 5.41) is 8.58. The average molecular weight is 317 g/mol. The van der Waals surface area contributed by atoms with E-state index in [1.54, 1.807) is 0 Å². The second-order valence-electron chi connectivity index (χ2n) is 4.06. The van der Waals surface area contributed by atoms with Gasteiger partial charge in [0.05, 0.1) is 17.4 Å². The summed E-state index contributed by atoms with van der Waals surface area (Å²) in [7, 11) is -4.20. The monoisotopic (exact) mass is 317 g/mol. The first kappa shape index (κ1) is 14.9. The number of nitrogens with zero attached hydrogens (tertiary/aromatic N) is 1. The number of aryl methyl sites for hydroxylation is 1. The third-order valence-corrected chi connectivity index (χ3v) is 3.78. The molecule has 21 heavy (non-hydrogen) atoms. The Morgan fingerprint density at radius 3 is 2.48 bits per heavy atom. The van der Waals surface area contributed by atoms with Crippen LogP contribution in [0.15, 0.2) is 23.4 Å². The molecule has 0 atom stereocenters. The predicted octanol–water partition coefficient (Wildman–Crippen LogP) is 1.50. The molecular formula is C11H9F2N3O4S. The number of aromatic nitrogens is 2. The van der Waals surface area contributed by atoms with Crippen LogP contribution in [0, 0.1) is 18.6 Å². The molecule has 1 aromatic heterocycles. The summed E-state index contributed by atoms with van der Waals surface area (Å²) in [4.78, 5) is 17.1. The van der Waals surface area contributed by atoms with Crippen molar-refractivity contribution in [3.05, 3.63) is 41.4 Å². The molecule has 112 valence electrons. The van der Waals surface area contributed by atoms with Crippen LogP contribution in [0.25, 0.3) is 0 Å². The lowest BCUT2D eigenvalue weighted by Gasteiger charge is -2.09. The second kappa shape index (κ2) is 5.13. The fraction of sp³-hybridized carbons (Fsp3) is 0.0909. The molecule has 0 fully saturated rings. The molecule has 0 aliphatic carbocycles. The smallest absolute Gasteiger partial charge is 0.337 e. The fourth-order valence-electron chi connectivity index (χ4n) is 1.54. The van der Waals surface area contributed by atoms with Gasteiger partial charge >= 0.3 is 5.97 Å². The third kappa shape index (κ3) is 2.99. The summed E-state index contributed by atoms with van der Waals surface area (Å²) in [6.07, 6.45) is 1.01. The normalized spacial score (nSPS) is 11.4. The lowest BCUT2D eigenvalue weighted by molar-refractivity contribution is 0.0697. The van der Waals surface area contributed by atoms with Crippen molar-refractivity contribution in [1.29, 1.82) is 0 Å².